The quantitative estimate of drug-likeness (QED) is 0.846. The summed E-state index contributed by atoms with van der Waals surface area (Å²) in [5.74, 6) is -0.138. The second kappa shape index (κ2) is 6.48. The van der Waals surface area contributed by atoms with Gasteiger partial charge < -0.3 is 10.1 Å². The van der Waals surface area contributed by atoms with Crippen LogP contribution in [0, 0.1) is 13.8 Å². The van der Waals surface area contributed by atoms with E-state index < -0.39 is 5.54 Å². The van der Waals surface area contributed by atoms with E-state index in [9.17, 15) is 9.59 Å². The molecule has 1 aromatic carbocycles. The molecule has 1 heterocycles. The van der Waals surface area contributed by atoms with Crippen LogP contribution in [0.25, 0.3) is 0 Å². The Morgan fingerprint density at radius 3 is 2.73 bits per heavy atom. The molecule has 0 aromatic heterocycles. The van der Waals surface area contributed by atoms with E-state index in [4.69, 9.17) is 4.74 Å². The average molecular weight is 304 g/mol. The van der Waals surface area contributed by atoms with Gasteiger partial charge in [0.25, 0.3) is 0 Å². The predicted octanol–water partition coefficient (Wildman–Crippen LogP) is 1.95. The molecule has 1 N–H and O–H groups in total. The van der Waals surface area contributed by atoms with Crippen LogP contribution in [0.2, 0.25) is 0 Å². The summed E-state index contributed by atoms with van der Waals surface area (Å²) in [5, 5.41) is 2.85. The van der Waals surface area contributed by atoms with E-state index in [0.29, 0.717) is 26.0 Å². The molecule has 2 amide bonds. The van der Waals surface area contributed by atoms with Crippen molar-refractivity contribution in [2.24, 2.45) is 0 Å². The number of anilines is 1. The molecule has 1 fully saturated rings. The van der Waals surface area contributed by atoms with E-state index in [1.807, 2.05) is 39.0 Å². The number of methoxy groups -OCH3 is 1. The lowest BCUT2D eigenvalue weighted by molar-refractivity contribution is -0.127. The number of aryl methyl sites for hydroxylation is 2. The number of amides is 2. The highest BCUT2D eigenvalue weighted by Gasteiger charge is 2.48. The zero-order valence-corrected chi connectivity index (χ0v) is 13.7. The predicted molar refractivity (Wildman–Crippen MR) is 85.9 cm³/mol. The summed E-state index contributed by atoms with van der Waals surface area (Å²) in [6.07, 6.45) is 0.915. The zero-order chi connectivity index (χ0) is 16.3. The molecule has 1 aliphatic heterocycles. The Morgan fingerprint density at radius 1 is 1.36 bits per heavy atom. The molecule has 0 aliphatic carbocycles. The summed E-state index contributed by atoms with van der Waals surface area (Å²) in [6, 6.07) is 5.87. The highest BCUT2D eigenvalue weighted by Crippen LogP contribution is 2.35. The third kappa shape index (κ3) is 2.99. The SMILES string of the molecule is COCCNC(=O)C1(C)CCC(=O)N1c1ccc(C)c(C)c1. The number of carbonyl (C=O) groups excluding carboxylic acids is 2. The molecule has 0 bridgehead atoms. The van der Waals surface area contributed by atoms with Crippen LogP contribution in [-0.4, -0.2) is 37.6 Å². The molecule has 22 heavy (non-hydrogen) atoms. The largest absolute Gasteiger partial charge is 0.383 e. The van der Waals surface area contributed by atoms with Gasteiger partial charge >= 0.3 is 0 Å². The van der Waals surface area contributed by atoms with Gasteiger partial charge in [0.2, 0.25) is 11.8 Å². The first kappa shape index (κ1) is 16.5. The van der Waals surface area contributed by atoms with Crippen LogP contribution in [-0.2, 0) is 14.3 Å². The molecule has 1 unspecified atom stereocenters. The van der Waals surface area contributed by atoms with Crippen molar-refractivity contribution in [1.82, 2.24) is 5.32 Å². The van der Waals surface area contributed by atoms with Crippen molar-refractivity contribution in [2.45, 2.75) is 39.2 Å². The number of ether oxygens (including phenoxy) is 1. The van der Waals surface area contributed by atoms with Crippen molar-refractivity contribution in [3.05, 3.63) is 29.3 Å². The molecule has 1 saturated heterocycles. The van der Waals surface area contributed by atoms with Gasteiger partial charge in [-0.25, -0.2) is 0 Å². The van der Waals surface area contributed by atoms with Crippen LogP contribution in [0.15, 0.2) is 18.2 Å². The van der Waals surface area contributed by atoms with E-state index in [-0.39, 0.29) is 11.8 Å². The molecular weight excluding hydrogens is 280 g/mol. The molecule has 1 atom stereocenters. The van der Waals surface area contributed by atoms with Gasteiger partial charge in [0.05, 0.1) is 6.61 Å². The minimum atomic E-state index is -0.841. The average Bonchev–Trinajstić information content (AvgIpc) is 2.79. The molecule has 0 radical (unpaired) electrons. The minimum absolute atomic E-state index is 0.00681. The Labute approximate surface area is 131 Å². The Kier molecular flexibility index (Phi) is 4.86. The van der Waals surface area contributed by atoms with E-state index >= 15 is 0 Å². The first-order valence-electron chi connectivity index (χ1n) is 7.57. The lowest BCUT2D eigenvalue weighted by Crippen LogP contribution is -2.55. The van der Waals surface area contributed by atoms with Crippen LogP contribution in [0.4, 0.5) is 5.69 Å². The Hall–Kier alpha value is -1.88. The van der Waals surface area contributed by atoms with E-state index in [1.54, 1.807) is 12.0 Å². The highest BCUT2D eigenvalue weighted by atomic mass is 16.5. The van der Waals surface area contributed by atoms with Crippen molar-refractivity contribution in [1.29, 1.82) is 0 Å². The Bertz CT molecular complexity index is 585. The van der Waals surface area contributed by atoms with Gasteiger partial charge in [-0.1, -0.05) is 6.07 Å². The summed E-state index contributed by atoms with van der Waals surface area (Å²) in [7, 11) is 1.59. The van der Waals surface area contributed by atoms with Crippen molar-refractivity contribution in [3.63, 3.8) is 0 Å². The number of hydrogen-bond donors (Lipinski definition) is 1. The van der Waals surface area contributed by atoms with Crippen LogP contribution in [0.1, 0.15) is 30.9 Å². The van der Waals surface area contributed by atoms with Gasteiger partial charge in [-0.2, -0.15) is 0 Å². The molecule has 0 saturated carbocycles. The van der Waals surface area contributed by atoms with E-state index in [1.165, 1.54) is 5.56 Å². The number of nitrogens with zero attached hydrogens (tertiary/aromatic N) is 1. The highest BCUT2D eigenvalue weighted by molar-refractivity contribution is 6.06. The smallest absolute Gasteiger partial charge is 0.246 e. The van der Waals surface area contributed by atoms with Gasteiger partial charge in [-0.05, 0) is 50.5 Å². The number of rotatable bonds is 5. The molecule has 5 nitrogen and oxygen atoms in total. The normalized spacial score (nSPS) is 21.3. The maximum absolute atomic E-state index is 12.6. The second-order valence-corrected chi connectivity index (χ2v) is 6.02. The Morgan fingerprint density at radius 2 is 2.09 bits per heavy atom. The van der Waals surface area contributed by atoms with Crippen molar-refractivity contribution < 1.29 is 14.3 Å². The fourth-order valence-electron chi connectivity index (χ4n) is 2.81. The molecular formula is C17H24N2O3. The number of nitrogens with one attached hydrogen (secondary N) is 1. The summed E-state index contributed by atoms with van der Waals surface area (Å²) in [4.78, 5) is 26.5. The van der Waals surface area contributed by atoms with Gasteiger partial charge in [0, 0.05) is 25.8 Å². The molecule has 120 valence electrons. The number of hydrogen-bond acceptors (Lipinski definition) is 3. The summed E-state index contributed by atoms with van der Waals surface area (Å²) >= 11 is 0. The summed E-state index contributed by atoms with van der Waals surface area (Å²) < 4.78 is 4.95. The van der Waals surface area contributed by atoms with Crippen LogP contribution >= 0.6 is 0 Å². The molecule has 1 aromatic rings. The maximum Gasteiger partial charge on any atom is 0.246 e. The third-order valence-electron chi connectivity index (χ3n) is 4.40. The van der Waals surface area contributed by atoms with Crippen LogP contribution < -0.4 is 10.2 Å². The van der Waals surface area contributed by atoms with Crippen LogP contribution in [0.5, 0.6) is 0 Å². The lowest BCUT2D eigenvalue weighted by atomic mass is 9.96. The minimum Gasteiger partial charge on any atom is -0.383 e. The summed E-state index contributed by atoms with van der Waals surface area (Å²) in [5.41, 5.74) is 2.22. The molecule has 1 aliphatic rings. The third-order valence-corrected chi connectivity index (χ3v) is 4.40. The number of carbonyl (C=O) groups is 2. The van der Waals surface area contributed by atoms with Crippen molar-refractivity contribution in [3.8, 4) is 0 Å². The molecule has 2 rings (SSSR count). The maximum atomic E-state index is 12.6. The zero-order valence-electron chi connectivity index (χ0n) is 13.7. The second-order valence-electron chi connectivity index (χ2n) is 6.02. The van der Waals surface area contributed by atoms with Crippen molar-refractivity contribution in [2.75, 3.05) is 25.2 Å². The monoisotopic (exact) mass is 304 g/mol. The Balaban J connectivity index is 2.28. The first-order valence-corrected chi connectivity index (χ1v) is 7.57. The van der Waals surface area contributed by atoms with Crippen molar-refractivity contribution >= 4 is 17.5 Å². The van der Waals surface area contributed by atoms with E-state index in [0.717, 1.165) is 11.3 Å². The van der Waals surface area contributed by atoms with Gasteiger partial charge in [-0.15, -0.1) is 0 Å². The molecule has 5 heteroatoms. The fraction of sp³-hybridized carbons (Fsp3) is 0.529. The molecule has 0 spiro atoms. The lowest BCUT2D eigenvalue weighted by Gasteiger charge is -2.34. The number of benzene rings is 1. The summed E-state index contributed by atoms with van der Waals surface area (Å²) in [6.45, 7) is 6.77. The van der Waals surface area contributed by atoms with Gasteiger partial charge in [0.1, 0.15) is 5.54 Å². The van der Waals surface area contributed by atoms with E-state index in [2.05, 4.69) is 5.32 Å². The van der Waals surface area contributed by atoms with Crippen LogP contribution in [0.3, 0.4) is 0 Å². The fourth-order valence-corrected chi connectivity index (χ4v) is 2.81. The van der Waals surface area contributed by atoms with Gasteiger partial charge in [0.15, 0.2) is 0 Å². The topological polar surface area (TPSA) is 58.6 Å². The first-order chi connectivity index (χ1) is 10.4. The van der Waals surface area contributed by atoms with Gasteiger partial charge in [-0.3, -0.25) is 14.5 Å². The standard InChI is InChI=1S/C17H24N2O3/c1-12-5-6-14(11-13(12)2)19-15(20)7-8-17(19,3)16(21)18-9-10-22-4/h5-6,11H,7-10H2,1-4H3,(H,18,21).